The Kier molecular flexibility index (Phi) is 6.62. The molecule has 0 atom stereocenters. The fraction of sp³-hybridized carbons (Fsp3) is 0.556. The molecular formula is C27H32ClF3N2S. The third kappa shape index (κ3) is 4.58. The first-order valence-corrected chi connectivity index (χ1v) is 13.3. The number of rotatable bonds is 5. The highest BCUT2D eigenvalue weighted by atomic mass is 35.5. The van der Waals surface area contributed by atoms with Gasteiger partial charge in [-0.15, -0.1) is 24.2 Å². The third-order valence-corrected chi connectivity index (χ3v) is 9.45. The number of hydrogen-bond acceptors (Lipinski definition) is 3. The molecule has 2 aromatic carbocycles. The molecule has 34 heavy (non-hydrogen) atoms. The maximum absolute atomic E-state index is 13.5. The van der Waals surface area contributed by atoms with Gasteiger partial charge < -0.3 is 10.2 Å². The molecule has 184 valence electrons. The van der Waals surface area contributed by atoms with Crippen LogP contribution in [-0.2, 0) is 11.9 Å². The number of nitrogens with one attached hydrogen (secondary N) is 1. The monoisotopic (exact) mass is 508 g/mol. The summed E-state index contributed by atoms with van der Waals surface area (Å²) in [4.78, 5) is 3.26. The Morgan fingerprint density at radius 1 is 0.941 bits per heavy atom. The second-order valence-corrected chi connectivity index (χ2v) is 11.7. The van der Waals surface area contributed by atoms with E-state index in [0.717, 1.165) is 46.9 Å². The number of hydrogen-bond donors (Lipinski definition) is 1. The van der Waals surface area contributed by atoms with E-state index in [-0.39, 0.29) is 12.4 Å². The van der Waals surface area contributed by atoms with Gasteiger partial charge in [-0.2, -0.15) is 13.2 Å². The molecule has 2 nitrogen and oxygen atoms in total. The SMILES string of the molecule is Cl.FC(F)(F)c1ccc2c(c1)N(CCCNC13CC4CC(CC(C4)C1)C3)c1ccccc1SC2. The van der Waals surface area contributed by atoms with E-state index >= 15 is 0 Å². The average Bonchev–Trinajstić information content (AvgIpc) is 2.92. The van der Waals surface area contributed by atoms with Crippen LogP contribution in [0.15, 0.2) is 47.4 Å². The van der Waals surface area contributed by atoms with Gasteiger partial charge in [0, 0.05) is 28.4 Å². The van der Waals surface area contributed by atoms with Crippen molar-refractivity contribution in [3.63, 3.8) is 0 Å². The predicted octanol–water partition coefficient (Wildman–Crippen LogP) is 7.82. The third-order valence-electron chi connectivity index (χ3n) is 8.34. The van der Waals surface area contributed by atoms with Gasteiger partial charge >= 0.3 is 6.18 Å². The van der Waals surface area contributed by atoms with Gasteiger partial charge in [-0.1, -0.05) is 18.2 Å². The molecule has 1 N–H and O–H groups in total. The number of halogens is 4. The summed E-state index contributed by atoms with van der Waals surface area (Å²) in [5, 5.41) is 3.95. The first-order valence-electron chi connectivity index (χ1n) is 12.3. The second-order valence-electron chi connectivity index (χ2n) is 10.7. The Morgan fingerprint density at radius 3 is 2.29 bits per heavy atom. The van der Waals surface area contributed by atoms with Crippen LogP contribution in [0.3, 0.4) is 0 Å². The zero-order valence-corrected chi connectivity index (χ0v) is 20.9. The molecular weight excluding hydrogens is 477 g/mol. The van der Waals surface area contributed by atoms with Crippen molar-refractivity contribution < 1.29 is 13.2 Å². The maximum atomic E-state index is 13.5. The van der Waals surface area contributed by atoms with E-state index < -0.39 is 11.7 Å². The van der Waals surface area contributed by atoms with Crippen molar-refractivity contribution in [1.29, 1.82) is 0 Å². The van der Waals surface area contributed by atoms with Crippen LogP contribution in [0.1, 0.15) is 56.1 Å². The van der Waals surface area contributed by atoms with Crippen molar-refractivity contribution >= 4 is 35.5 Å². The number of thioether (sulfide) groups is 1. The number of alkyl halides is 3. The Balaban J connectivity index is 0.00000241. The van der Waals surface area contributed by atoms with Crippen molar-refractivity contribution in [3.05, 3.63) is 53.6 Å². The zero-order chi connectivity index (χ0) is 22.6. The minimum Gasteiger partial charge on any atom is -0.340 e. The van der Waals surface area contributed by atoms with Crippen LogP contribution in [-0.4, -0.2) is 18.6 Å². The molecule has 0 saturated heterocycles. The van der Waals surface area contributed by atoms with Crippen molar-refractivity contribution in [2.24, 2.45) is 17.8 Å². The van der Waals surface area contributed by atoms with Gasteiger partial charge in [-0.25, -0.2) is 0 Å². The molecule has 7 heteroatoms. The molecule has 0 unspecified atom stereocenters. The molecule has 4 bridgehead atoms. The van der Waals surface area contributed by atoms with E-state index in [0.29, 0.717) is 23.5 Å². The normalized spacial score (nSPS) is 29.3. The number of anilines is 2. The van der Waals surface area contributed by atoms with E-state index in [1.807, 2.05) is 18.2 Å². The van der Waals surface area contributed by atoms with Crippen LogP contribution in [0.25, 0.3) is 0 Å². The molecule has 4 aliphatic carbocycles. The summed E-state index contributed by atoms with van der Waals surface area (Å²) < 4.78 is 40.5. The average molecular weight is 509 g/mol. The van der Waals surface area contributed by atoms with E-state index in [1.54, 1.807) is 17.8 Å². The molecule has 0 aromatic heterocycles. The van der Waals surface area contributed by atoms with E-state index in [1.165, 1.54) is 50.7 Å². The molecule has 5 aliphatic rings. The standard InChI is InChI=1S/C27H31F3N2S.ClH/c28-27(29,30)22-7-6-21-17-33-25-5-2-1-4-23(25)32(24(21)13-22)9-3-8-31-26-14-18-10-19(15-26)12-20(11-18)16-26;/h1-2,4-7,13,18-20,31H,3,8-12,14-17H2;1H. The molecule has 2 aromatic rings. The molecule has 1 aliphatic heterocycles. The summed E-state index contributed by atoms with van der Waals surface area (Å²) in [5.74, 6) is 3.41. The summed E-state index contributed by atoms with van der Waals surface area (Å²) >= 11 is 1.71. The molecule has 7 rings (SSSR count). The summed E-state index contributed by atoms with van der Waals surface area (Å²) in [6.45, 7) is 1.64. The van der Waals surface area contributed by atoms with Crippen LogP contribution >= 0.6 is 24.2 Å². The first kappa shape index (κ1) is 24.3. The molecule has 0 radical (unpaired) electrons. The van der Waals surface area contributed by atoms with Gasteiger partial charge in [0.2, 0.25) is 0 Å². The highest BCUT2D eigenvalue weighted by Gasteiger charge is 2.50. The van der Waals surface area contributed by atoms with Gasteiger partial charge in [0.1, 0.15) is 0 Å². The molecule has 4 fully saturated rings. The summed E-state index contributed by atoms with van der Waals surface area (Å²) in [6, 6.07) is 12.4. The Hall–Kier alpha value is -1.37. The van der Waals surface area contributed by atoms with Crippen molar-refractivity contribution in [2.75, 3.05) is 18.0 Å². The smallest absolute Gasteiger partial charge is 0.340 e. The molecule has 4 saturated carbocycles. The van der Waals surface area contributed by atoms with Crippen LogP contribution in [0.4, 0.5) is 24.5 Å². The summed E-state index contributed by atoms with van der Waals surface area (Å²) in [6.07, 6.45) is 4.83. The Bertz CT molecular complexity index is 1010. The van der Waals surface area contributed by atoms with Gasteiger partial charge in [-0.3, -0.25) is 0 Å². The topological polar surface area (TPSA) is 15.3 Å². The lowest BCUT2D eigenvalue weighted by molar-refractivity contribution is -0.137. The van der Waals surface area contributed by atoms with Gasteiger partial charge in [0.25, 0.3) is 0 Å². The Morgan fingerprint density at radius 2 is 1.62 bits per heavy atom. The number of para-hydroxylation sites is 1. The highest BCUT2D eigenvalue weighted by molar-refractivity contribution is 7.98. The minimum absolute atomic E-state index is 0. The fourth-order valence-corrected chi connectivity index (χ4v) is 8.42. The second kappa shape index (κ2) is 9.25. The van der Waals surface area contributed by atoms with E-state index in [2.05, 4.69) is 16.3 Å². The molecule has 1 heterocycles. The van der Waals surface area contributed by atoms with E-state index in [4.69, 9.17) is 0 Å². The van der Waals surface area contributed by atoms with Gasteiger partial charge in [0.05, 0.1) is 11.3 Å². The van der Waals surface area contributed by atoms with Crippen molar-refractivity contribution in [1.82, 2.24) is 5.32 Å². The summed E-state index contributed by atoms with van der Waals surface area (Å²) in [5.41, 5.74) is 2.45. The maximum Gasteiger partial charge on any atom is 0.416 e. The van der Waals surface area contributed by atoms with Crippen LogP contribution in [0.5, 0.6) is 0 Å². The number of nitrogens with zero attached hydrogens (tertiary/aromatic N) is 1. The lowest BCUT2D eigenvalue weighted by atomic mass is 9.53. The largest absolute Gasteiger partial charge is 0.416 e. The van der Waals surface area contributed by atoms with Gasteiger partial charge in [0.15, 0.2) is 0 Å². The first-order chi connectivity index (χ1) is 15.9. The number of benzene rings is 2. The molecule has 0 spiro atoms. The minimum atomic E-state index is -4.33. The van der Waals surface area contributed by atoms with Crippen molar-refractivity contribution in [3.8, 4) is 0 Å². The molecule has 0 amide bonds. The Labute approximate surface area is 210 Å². The van der Waals surface area contributed by atoms with Crippen LogP contribution in [0.2, 0.25) is 0 Å². The lowest BCUT2D eigenvalue weighted by Gasteiger charge is -2.57. The zero-order valence-electron chi connectivity index (χ0n) is 19.2. The lowest BCUT2D eigenvalue weighted by Crippen LogP contribution is -2.58. The fourth-order valence-electron chi connectivity index (χ4n) is 7.36. The predicted molar refractivity (Wildman–Crippen MR) is 135 cm³/mol. The van der Waals surface area contributed by atoms with Crippen LogP contribution < -0.4 is 10.2 Å². The number of fused-ring (bicyclic) bond motifs is 2. The summed E-state index contributed by atoms with van der Waals surface area (Å²) in [7, 11) is 0. The van der Waals surface area contributed by atoms with Crippen molar-refractivity contribution in [2.45, 2.75) is 67.3 Å². The quantitative estimate of drug-likeness (QED) is 0.414. The van der Waals surface area contributed by atoms with E-state index in [9.17, 15) is 13.2 Å². The van der Waals surface area contributed by atoms with Crippen LogP contribution in [0, 0.1) is 17.8 Å². The highest BCUT2D eigenvalue weighted by Crippen LogP contribution is 2.55. The van der Waals surface area contributed by atoms with Gasteiger partial charge in [-0.05, 0) is 99.1 Å².